The SMILES string of the molecule is O=C1OC2(CCN(S(=O)(=O)c3c(Cl)cccc3Cl)CC2)c2ccccc21. The second-order valence-corrected chi connectivity index (χ2v) is 9.07. The Balaban J connectivity index is 1.63. The van der Waals surface area contributed by atoms with Crippen LogP contribution in [-0.2, 0) is 20.4 Å². The number of halogens is 2. The lowest BCUT2D eigenvalue weighted by atomic mass is 9.84. The summed E-state index contributed by atoms with van der Waals surface area (Å²) in [6.45, 7) is 0.428. The molecule has 5 nitrogen and oxygen atoms in total. The van der Waals surface area contributed by atoms with Crippen molar-refractivity contribution in [1.29, 1.82) is 0 Å². The normalized spacial score (nSPS) is 19.4. The first-order valence-electron chi connectivity index (χ1n) is 8.12. The molecule has 0 atom stereocenters. The monoisotopic (exact) mass is 411 g/mol. The molecule has 0 unspecified atom stereocenters. The molecule has 136 valence electrons. The number of sulfonamides is 1. The molecule has 0 N–H and O–H groups in total. The van der Waals surface area contributed by atoms with E-state index in [2.05, 4.69) is 0 Å². The highest BCUT2D eigenvalue weighted by atomic mass is 35.5. The average Bonchev–Trinajstić information content (AvgIpc) is 2.87. The van der Waals surface area contributed by atoms with Crippen molar-refractivity contribution in [1.82, 2.24) is 4.31 Å². The van der Waals surface area contributed by atoms with Crippen molar-refractivity contribution in [3.05, 3.63) is 63.6 Å². The minimum absolute atomic E-state index is 0.0805. The Morgan fingerprint density at radius 1 is 0.962 bits per heavy atom. The number of nitrogens with zero attached hydrogens (tertiary/aromatic N) is 1. The first kappa shape index (κ1) is 17.8. The van der Waals surface area contributed by atoms with Crippen LogP contribution in [0.2, 0.25) is 10.0 Å². The Morgan fingerprint density at radius 3 is 2.23 bits per heavy atom. The summed E-state index contributed by atoms with van der Waals surface area (Å²) in [7, 11) is -3.83. The van der Waals surface area contributed by atoms with Crippen molar-refractivity contribution in [2.45, 2.75) is 23.3 Å². The molecular weight excluding hydrogens is 397 g/mol. The van der Waals surface area contributed by atoms with Gasteiger partial charge in [0, 0.05) is 31.5 Å². The van der Waals surface area contributed by atoms with Gasteiger partial charge in [-0.25, -0.2) is 13.2 Å². The lowest BCUT2D eigenvalue weighted by molar-refractivity contribution is -0.0329. The second kappa shape index (κ2) is 6.23. The fraction of sp³-hybridized carbons (Fsp3) is 0.278. The maximum absolute atomic E-state index is 13.0. The van der Waals surface area contributed by atoms with Gasteiger partial charge in [0.2, 0.25) is 10.0 Å². The van der Waals surface area contributed by atoms with Gasteiger partial charge in [-0.05, 0) is 18.2 Å². The zero-order chi connectivity index (χ0) is 18.5. The van der Waals surface area contributed by atoms with E-state index < -0.39 is 15.6 Å². The number of fused-ring (bicyclic) bond motifs is 2. The maximum atomic E-state index is 13.0. The minimum atomic E-state index is -3.83. The molecule has 1 saturated heterocycles. The van der Waals surface area contributed by atoms with E-state index in [1.165, 1.54) is 16.4 Å². The Labute approximate surface area is 161 Å². The van der Waals surface area contributed by atoms with Crippen molar-refractivity contribution in [2.75, 3.05) is 13.1 Å². The van der Waals surface area contributed by atoms with E-state index in [1.807, 2.05) is 12.1 Å². The van der Waals surface area contributed by atoms with E-state index in [9.17, 15) is 13.2 Å². The minimum Gasteiger partial charge on any atom is -0.450 e. The number of ether oxygens (including phenoxy) is 1. The van der Waals surface area contributed by atoms with Gasteiger partial charge < -0.3 is 4.74 Å². The molecule has 2 aromatic carbocycles. The summed E-state index contributed by atoms with van der Waals surface area (Å²) < 4.78 is 33.0. The molecule has 0 saturated carbocycles. The van der Waals surface area contributed by atoms with Gasteiger partial charge in [-0.1, -0.05) is 47.5 Å². The van der Waals surface area contributed by atoms with Crippen LogP contribution < -0.4 is 0 Å². The number of benzene rings is 2. The van der Waals surface area contributed by atoms with Crippen LogP contribution in [0.3, 0.4) is 0 Å². The zero-order valence-electron chi connectivity index (χ0n) is 13.6. The molecule has 0 amide bonds. The fourth-order valence-corrected chi connectivity index (χ4v) is 6.20. The first-order valence-corrected chi connectivity index (χ1v) is 10.3. The van der Waals surface area contributed by atoms with Crippen LogP contribution in [-0.4, -0.2) is 31.8 Å². The molecular formula is C18H15Cl2NO4S. The van der Waals surface area contributed by atoms with E-state index in [4.69, 9.17) is 27.9 Å². The predicted molar refractivity (Wildman–Crippen MR) is 98.0 cm³/mol. The Morgan fingerprint density at radius 2 is 1.58 bits per heavy atom. The van der Waals surface area contributed by atoms with Gasteiger partial charge in [-0.3, -0.25) is 0 Å². The van der Waals surface area contributed by atoms with Crippen LogP contribution in [0.1, 0.15) is 28.8 Å². The molecule has 4 rings (SSSR count). The molecule has 2 aromatic rings. The summed E-state index contributed by atoms with van der Waals surface area (Å²) in [5.74, 6) is -0.356. The summed E-state index contributed by atoms with van der Waals surface area (Å²) in [5, 5.41) is 0.186. The predicted octanol–water partition coefficient (Wildman–Crippen LogP) is 3.84. The number of piperidine rings is 1. The molecule has 0 bridgehead atoms. The topological polar surface area (TPSA) is 63.7 Å². The van der Waals surface area contributed by atoms with Gasteiger partial charge in [0.25, 0.3) is 0 Å². The van der Waals surface area contributed by atoms with Gasteiger partial charge in [0.15, 0.2) is 0 Å². The molecule has 26 heavy (non-hydrogen) atoms. The molecule has 2 aliphatic rings. The van der Waals surface area contributed by atoms with E-state index in [-0.39, 0.29) is 34.0 Å². The third-order valence-corrected chi connectivity index (χ3v) is 7.83. The standard InChI is InChI=1S/C18H15Cl2NO4S/c19-14-6-3-7-15(20)16(14)26(23,24)21-10-8-18(9-11-21)13-5-2-1-4-12(13)17(22)25-18/h1-7H,8-11H2. The van der Waals surface area contributed by atoms with E-state index in [0.717, 1.165) is 5.56 Å². The van der Waals surface area contributed by atoms with Gasteiger partial charge >= 0.3 is 5.97 Å². The highest BCUT2D eigenvalue weighted by Crippen LogP contribution is 2.45. The number of esters is 1. The summed E-state index contributed by atoms with van der Waals surface area (Å²) in [4.78, 5) is 12.1. The van der Waals surface area contributed by atoms with Crippen molar-refractivity contribution in [3.63, 3.8) is 0 Å². The Hall–Kier alpha value is -1.60. The lowest BCUT2D eigenvalue weighted by Crippen LogP contribution is -2.45. The number of carbonyl (C=O) groups is 1. The summed E-state index contributed by atoms with van der Waals surface area (Å²) in [5.41, 5.74) is 0.625. The molecule has 0 radical (unpaired) electrons. The third-order valence-electron chi connectivity index (χ3n) is 4.97. The maximum Gasteiger partial charge on any atom is 0.339 e. The zero-order valence-corrected chi connectivity index (χ0v) is 15.9. The van der Waals surface area contributed by atoms with Gasteiger partial charge in [-0.2, -0.15) is 4.31 Å². The van der Waals surface area contributed by atoms with Crippen LogP contribution >= 0.6 is 23.2 Å². The summed E-state index contributed by atoms with van der Waals surface area (Å²) >= 11 is 12.2. The van der Waals surface area contributed by atoms with Crippen LogP contribution in [0.25, 0.3) is 0 Å². The average molecular weight is 412 g/mol. The Kier molecular flexibility index (Phi) is 4.27. The molecule has 0 aliphatic carbocycles. The van der Waals surface area contributed by atoms with Crippen molar-refractivity contribution >= 4 is 39.2 Å². The van der Waals surface area contributed by atoms with Crippen LogP contribution in [0.5, 0.6) is 0 Å². The van der Waals surface area contributed by atoms with Gasteiger partial charge in [0.1, 0.15) is 10.5 Å². The molecule has 1 fully saturated rings. The molecule has 1 spiro atoms. The second-order valence-electron chi connectivity index (χ2n) is 6.38. The van der Waals surface area contributed by atoms with E-state index >= 15 is 0 Å². The first-order chi connectivity index (χ1) is 12.3. The van der Waals surface area contributed by atoms with Crippen LogP contribution in [0.15, 0.2) is 47.4 Å². The number of rotatable bonds is 2. The van der Waals surface area contributed by atoms with Crippen molar-refractivity contribution in [3.8, 4) is 0 Å². The molecule has 0 aromatic heterocycles. The fourth-order valence-electron chi connectivity index (χ4n) is 3.66. The largest absolute Gasteiger partial charge is 0.450 e. The Bertz CT molecular complexity index is 978. The van der Waals surface area contributed by atoms with Gasteiger partial charge in [-0.15, -0.1) is 0 Å². The highest BCUT2D eigenvalue weighted by Gasteiger charge is 2.49. The highest BCUT2D eigenvalue weighted by molar-refractivity contribution is 7.89. The van der Waals surface area contributed by atoms with Crippen molar-refractivity contribution < 1.29 is 17.9 Å². The smallest absolute Gasteiger partial charge is 0.339 e. The molecule has 2 aliphatic heterocycles. The van der Waals surface area contributed by atoms with Crippen molar-refractivity contribution in [2.24, 2.45) is 0 Å². The van der Waals surface area contributed by atoms with E-state index in [1.54, 1.807) is 18.2 Å². The van der Waals surface area contributed by atoms with E-state index in [0.29, 0.717) is 18.4 Å². The number of hydrogen-bond acceptors (Lipinski definition) is 4. The molecule has 8 heteroatoms. The lowest BCUT2D eigenvalue weighted by Gasteiger charge is -2.38. The quantitative estimate of drug-likeness (QED) is 0.704. The molecule has 2 heterocycles. The van der Waals surface area contributed by atoms with Gasteiger partial charge in [0.05, 0.1) is 15.6 Å². The number of carbonyl (C=O) groups excluding carboxylic acids is 1. The third kappa shape index (κ3) is 2.63. The summed E-state index contributed by atoms with van der Waals surface area (Å²) in [6, 6.07) is 11.9. The number of hydrogen-bond donors (Lipinski definition) is 0. The van der Waals surface area contributed by atoms with Crippen LogP contribution in [0, 0.1) is 0 Å². The van der Waals surface area contributed by atoms with Crippen LogP contribution in [0.4, 0.5) is 0 Å². The summed E-state index contributed by atoms with van der Waals surface area (Å²) in [6.07, 6.45) is 0.772.